The molecule has 0 amide bonds. The van der Waals surface area contributed by atoms with Gasteiger partial charge in [-0.3, -0.25) is 0 Å². The lowest BCUT2D eigenvalue weighted by Crippen LogP contribution is -1.99. The average Bonchev–Trinajstić information content (AvgIpc) is 2.80. The molecule has 1 unspecified atom stereocenters. The van der Waals surface area contributed by atoms with E-state index in [1.165, 1.54) is 23.5 Å². The number of rotatable bonds is 1. The van der Waals surface area contributed by atoms with Crippen LogP contribution in [0.3, 0.4) is 0 Å². The fourth-order valence-corrected chi connectivity index (χ4v) is 3.36. The van der Waals surface area contributed by atoms with E-state index in [0.717, 1.165) is 29.5 Å². The van der Waals surface area contributed by atoms with E-state index in [1.807, 2.05) is 0 Å². The highest BCUT2D eigenvalue weighted by Crippen LogP contribution is 2.42. The Labute approximate surface area is 101 Å². The summed E-state index contributed by atoms with van der Waals surface area (Å²) in [6.45, 7) is 0. The predicted octanol–water partition coefficient (Wildman–Crippen LogP) is 3.08. The van der Waals surface area contributed by atoms with Crippen molar-refractivity contribution in [1.82, 2.24) is 4.98 Å². The highest BCUT2D eigenvalue weighted by molar-refractivity contribution is 7.15. The Hall–Kier alpha value is -1.49. The molecule has 1 aliphatic carbocycles. The van der Waals surface area contributed by atoms with E-state index < -0.39 is 5.82 Å². The zero-order valence-corrected chi connectivity index (χ0v) is 9.73. The highest BCUT2D eigenvalue weighted by Gasteiger charge is 2.29. The molecule has 0 fully saturated rings. The van der Waals surface area contributed by atoms with Gasteiger partial charge in [0.15, 0.2) is 5.13 Å². The van der Waals surface area contributed by atoms with Gasteiger partial charge in [0.05, 0.1) is 5.69 Å². The molecule has 0 aliphatic heterocycles. The number of hydrogen-bond acceptors (Lipinski definition) is 3. The van der Waals surface area contributed by atoms with Crippen molar-refractivity contribution in [2.24, 2.45) is 0 Å². The van der Waals surface area contributed by atoms with E-state index in [2.05, 4.69) is 4.98 Å². The zero-order valence-electron chi connectivity index (χ0n) is 8.91. The van der Waals surface area contributed by atoms with Gasteiger partial charge in [-0.2, -0.15) is 0 Å². The number of nitrogens with zero attached hydrogens (tertiary/aromatic N) is 1. The Bertz CT molecular complexity index is 580. The topological polar surface area (TPSA) is 38.9 Å². The van der Waals surface area contributed by atoms with Gasteiger partial charge in [0.2, 0.25) is 0 Å². The van der Waals surface area contributed by atoms with E-state index in [0.29, 0.717) is 10.7 Å². The van der Waals surface area contributed by atoms with Crippen LogP contribution >= 0.6 is 11.3 Å². The molecule has 2 nitrogen and oxygen atoms in total. The number of nitrogen functional groups attached to an aromatic ring is 1. The summed E-state index contributed by atoms with van der Waals surface area (Å²) in [5, 5.41) is 0.497. The largest absolute Gasteiger partial charge is 0.375 e. The van der Waals surface area contributed by atoms with Crippen molar-refractivity contribution < 1.29 is 8.78 Å². The predicted molar refractivity (Wildman–Crippen MR) is 63.0 cm³/mol. The first-order valence-corrected chi connectivity index (χ1v) is 6.17. The zero-order chi connectivity index (χ0) is 12.0. The van der Waals surface area contributed by atoms with Crippen LogP contribution in [0, 0.1) is 11.6 Å². The van der Waals surface area contributed by atoms with Crippen molar-refractivity contribution in [2.75, 3.05) is 5.73 Å². The number of fused-ring (bicyclic) bond motifs is 1. The molecule has 3 rings (SSSR count). The Kier molecular flexibility index (Phi) is 2.36. The molecule has 17 heavy (non-hydrogen) atoms. The fourth-order valence-electron chi connectivity index (χ4n) is 2.32. The van der Waals surface area contributed by atoms with Gasteiger partial charge in [-0.1, -0.05) is 0 Å². The fraction of sp³-hybridized carbons (Fsp3) is 0.250. The molecule has 88 valence electrons. The molecule has 0 radical (unpaired) electrons. The molecule has 1 aromatic heterocycles. The SMILES string of the molecule is Nc1nc2c(s1)C(c1cc(F)ccc1F)CC2. The van der Waals surface area contributed by atoms with Gasteiger partial charge in [-0.15, -0.1) is 11.3 Å². The Balaban J connectivity index is 2.09. The summed E-state index contributed by atoms with van der Waals surface area (Å²) in [6.07, 6.45) is 1.55. The highest BCUT2D eigenvalue weighted by atomic mass is 32.1. The summed E-state index contributed by atoms with van der Waals surface area (Å²) in [5.41, 5.74) is 6.98. The lowest BCUT2D eigenvalue weighted by Gasteiger charge is -2.10. The first kappa shape index (κ1) is 10.7. The molecule has 0 saturated heterocycles. The number of halogens is 2. The molecular formula is C12H10F2N2S. The molecule has 1 heterocycles. The van der Waals surface area contributed by atoms with E-state index in [1.54, 1.807) is 0 Å². The molecule has 1 aromatic carbocycles. The van der Waals surface area contributed by atoms with Crippen LogP contribution in [0.1, 0.15) is 28.5 Å². The molecule has 2 N–H and O–H groups in total. The number of nitrogens with two attached hydrogens (primary N) is 1. The van der Waals surface area contributed by atoms with Crippen molar-refractivity contribution in [3.05, 3.63) is 46.0 Å². The first-order chi connectivity index (χ1) is 8.15. The van der Waals surface area contributed by atoms with Crippen LogP contribution in [-0.4, -0.2) is 4.98 Å². The summed E-state index contributed by atoms with van der Waals surface area (Å²) >= 11 is 1.37. The Morgan fingerprint density at radius 3 is 3.00 bits per heavy atom. The minimum atomic E-state index is -0.410. The van der Waals surface area contributed by atoms with Crippen molar-refractivity contribution >= 4 is 16.5 Å². The molecule has 0 bridgehead atoms. The number of aryl methyl sites for hydroxylation is 1. The maximum Gasteiger partial charge on any atom is 0.180 e. The van der Waals surface area contributed by atoms with Crippen molar-refractivity contribution in [3.8, 4) is 0 Å². The van der Waals surface area contributed by atoms with Crippen LogP contribution in [0.2, 0.25) is 0 Å². The Morgan fingerprint density at radius 2 is 2.18 bits per heavy atom. The average molecular weight is 252 g/mol. The summed E-state index contributed by atoms with van der Waals surface area (Å²) in [5.74, 6) is -0.876. The Morgan fingerprint density at radius 1 is 1.35 bits per heavy atom. The number of aromatic nitrogens is 1. The van der Waals surface area contributed by atoms with E-state index >= 15 is 0 Å². The van der Waals surface area contributed by atoms with Crippen LogP contribution in [-0.2, 0) is 6.42 Å². The molecule has 1 aliphatic rings. The quantitative estimate of drug-likeness (QED) is 0.847. The minimum absolute atomic E-state index is 0.101. The number of hydrogen-bond donors (Lipinski definition) is 1. The van der Waals surface area contributed by atoms with Crippen LogP contribution < -0.4 is 5.73 Å². The first-order valence-electron chi connectivity index (χ1n) is 5.35. The lowest BCUT2D eigenvalue weighted by atomic mass is 9.98. The van der Waals surface area contributed by atoms with Gasteiger partial charge in [-0.25, -0.2) is 13.8 Å². The smallest absolute Gasteiger partial charge is 0.180 e. The van der Waals surface area contributed by atoms with Crippen molar-refractivity contribution in [1.29, 1.82) is 0 Å². The maximum absolute atomic E-state index is 13.7. The van der Waals surface area contributed by atoms with Crippen LogP contribution in [0.4, 0.5) is 13.9 Å². The van der Waals surface area contributed by atoms with Crippen molar-refractivity contribution in [2.45, 2.75) is 18.8 Å². The minimum Gasteiger partial charge on any atom is -0.375 e. The normalized spacial score (nSPS) is 18.4. The van der Waals surface area contributed by atoms with Crippen LogP contribution in [0.15, 0.2) is 18.2 Å². The molecule has 0 spiro atoms. The summed E-state index contributed by atoms with van der Waals surface area (Å²) in [4.78, 5) is 5.18. The number of anilines is 1. The van der Waals surface area contributed by atoms with Gasteiger partial charge in [0, 0.05) is 10.8 Å². The second kappa shape index (κ2) is 3.77. The lowest BCUT2D eigenvalue weighted by molar-refractivity contribution is 0.574. The van der Waals surface area contributed by atoms with Crippen LogP contribution in [0.25, 0.3) is 0 Å². The van der Waals surface area contributed by atoms with Gasteiger partial charge >= 0.3 is 0 Å². The van der Waals surface area contributed by atoms with Gasteiger partial charge in [0.1, 0.15) is 11.6 Å². The van der Waals surface area contributed by atoms with E-state index in [9.17, 15) is 8.78 Å². The summed E-state index contributed by atoms with van der Waals surface area (Å²) in [6, 6.07) is 3.58. The van der Waals surface area contributed by atoms with Gasteiger partial charge in [-0.05, 0) is 36.6 Å². The second-order valence-electron chi connectivity index (χ2n) is 4.12. The van der Waals surface area contributed by atoms with Gasteiger partial charge in [0.25, 0.3) is 0 Å². The van der Waals surface area contributed by atoms with Crippen molar-refractivity contribution in [3.63, 3.8) is 0 Å². The number of benzene rings is 1. The molecular weight excluding hydrogens is 242 g/mol. The number of thiazole rings is 1. The molecule has 2 aromatic rings. The third-order valence-electron chi connectivity index (χ3n) is 3.06. The molecule has 5 heteroatoms. The molecule has 0 saturated carbocycles. The third kappa shape index (κ3) is 1.70. The summed E-state index contributed by atoms with van der Waals surface area (Å²) in [7, 11) is 0. The molecule has 1 atom stereocenters. The monoisotopic (exact) mass is 252 g/mol. The van der Waals surface area contributed by atoms with E-state index in [-0.39, 0.29) is 11.7 Å². The third-order valence-corrected chi connectivity index (χ3v) is 4.10. The summed E-state index contributed by atoms with van der Waals surface area (Å²) < 4.78 is 26.9. The van der Waals surface area contributed by atoms with Crippen LogP contribution in [0.5, 0.6) is 0 Å². The standard InChI is InChI=1S/C12H10F2N2S/c13-6-1-3-9(14)8(5-6)7-2-4-10-11(7)17-12(15)16-10/h1,3,5,7H,2,4H2,(H2,15,16). The van der Waals surface area contributed by atoms with Gasteiger partial charge < -0.3 is 5.73 Å². The maximum atomic E-state index is 13.7. The van der Waals surface area contributed by atoms with E-state index in [4.69, 9.17) is 5.73 Å². The second-order valence-corrected chi connectivity index (χ2v) is 5.18.